The number of hydrogen-bond acceptors (Lipinski definition) is 3. The average molecular weight is 287 g/mol. The molecule has 1 amide bonds. The van der Waals surface area contributed by atoms with E-state index in [-0.39, 0.29) is 5.91 Å². The third-order valence-corrected chi connectivity index (χ3v) is 3.64. The third kappa shape index (κ3) is 2.15. The standard InChI is InChI=1S/C11H15BrN2O2/c1-13(2)8-3-5-14(7-8)11(15)9-4-6-16-10(9)12/h4,6,8H,3,5,7H2,1-2H3. The summed E-state index contributed by atoms with van der Waals surface area (Å²) in [6, 6.07) is 2.17. The van der Waals surface area contributed by atoms with E-state index in [0.717, 1.165) is 19.5 Å². The Kier molecular flexibility index (Phi) is 3.35. The minimum atomic E-state index is 0.0463. The van der Waals surface area contributed by atoms with Crippen molar-refractivity contribution >= 4 is 21.8 Å². The number of amides is 1. The van der Waals surface area contributed by atoms with E-state index in [1.165, 1.54) is 6.26 Å². The molecule has 1 unspecified atom stereocenters. The Labute approximate surface area is 103 Å². The molecule has 0 N–H and O–H groups in total. The van der Waals surface area contributed by atoms with Gasteiger partial charge in [-0.05, 0) is 42.5 Å². The van der Waals surface area contributed by atoms with Gasteiger partial charge in [0.1, 0.15) is 0 Å². The monoisotopic (exact) mass is 286 g/mol. The number of carbonyl (C=O) groups excluding carboxylic acids is 1. The van der Waals surface area contributed by atoms with Gasteiger partial charge in [0.15, 0.2) is 4.67 Å². The highest BCUT2D eigenvalue weighted by atomic mass is 79.9. The first kappa shape index (κ1) is 11.7. The highest BCUT2D eigenvalue weighted by molar-refractivity contribution is 9.10. The molecule has 1 aliphatic rings. The normalized spacial score (nSPS) is 20.8. The van der Waals surface area contributed by atoms with Crippen molar-refractivity contribution in [2.45, 2.75) is 12.5 Å². The number of nitrogens with zero attached hydrogens (tertiary/aromatic N) is 2. The molecule has 2 heterocycles. The summed E-state index contributed by atoms with van der Waals surface area (Å²) in [4.78, 5) is 16.2. The van der Waals surface area contributed by atoms with Crippen LogP contribution in [0.4, 0.5) is 0 Å². The number of hydrogen-bond donors (Lipinski definition) is 0. The first-order chi connectivity index (χ1) is 7.59. The molecule has 1 saturated heterocycles. The summed E-state index contributed by atoms with van der Waals surface area (Å²) in [6.07, 6.45) is 2.56. The maximum Gasteiger partial charge on any atom is 0.258 e. The quantitative estimate of drug-likeness (QED) is 0.832. The van der Waals surface area contributed by atoms with E-state index >= 15 is 0 Å². The zero-order valence-corrected chi connectivity index (χ0v) is 11.0. The number of rotatable bonds is 2. The van der Waals surface area contributed by atoms with Gasteiger partial charge in [-0.1, -0.05) is 0 Å². The van der Waals surface area contributed by atoms with Crippen LogP contribution in [0.1, 0.15) is 16.8 Å². The molecule has 0 aromatic carbocycles. The summed E-state index contributed by atoms with van der Waals surface area (Å²) in [5.41, 5.74) is 0.611. The van der Waals surface area contributed by atoms with Gasteiger partial charge in [-0.15, -0.1) is 0 Å². The van der Waals surface area contributed by atoms with E-state index in [0.29, 0.717) is 16.3 Å². The van der Waals surface area contributed by atoms with Gasteiger partial charge in [0, 0.05) is 19.1 Å². The smallest absolute Gasteiger partial charge is 0.258 e. The van der Waals surface area contributed by atoms with E-state index in [1.54, 1.807) is 6.07 Å². The largest absolute Gasteiger partial charge is 0.457 e. The van der Waals surface area contributed by atoms with Crippen LogP contribution >= 0.6 is 15.9 Å². The molecule has 1 aliphatic heterocycles. The summed E-state index contributed by atoms with van der Waals surface area (Å²) >= 11 is 3.23. The summed E-state index contributed by atoms with van der Waals surface area (Å²) in [5.74, 6) is 0.0463. The highest BCUT2D eigenvalue weighted by Gasteiger charge is 2.29. The topological polar surface area (TPSA) is 36.7 Å². The fraction of sp³-hybridized carbons (Fsp3) is 0.545. The second-order valence-electron chi connectivity index (χ2n) is 4.27. The van der Waals surface area contributed by atoms with E-state index in [1.807, 2.05) is 19.0 Å². The van der Waals surface area contributed by atoms with Crippen molar-refractivity contribution in [3.05, 3.63) is 22.6 Å². The van der Waals surface area contributed by atoms with Gasteiger partial charge in [0.2, 0.25) is 0 Å². The zero-order chi connectivity index (χ0) is 11.7. The van der Waals surface area contributed by atoms with Gasteiger partial charge in [-0.25, -0.2) is 0 Å². The van der Waals surface area contributed by atoms with Gasteiger partial charge in [0.25, 0.3) is 5.91 Å². The maximum atomic E-state index is 12.1. The van der Waals surface area contributed by atoms with Crippen molar-refractivity contribution in [3.63, 3.8) is 0 Å². The summed E-state index contributed by atoms with van der Waals surface area (Å²) in [5, 5.41) is 0. The first-order valence-corrected chi connectivity index (χ1v) is 6.07. The van der Waals surface area contributed by atoms with Crippen LogP contribution in [0, 0.1) is 0 Å². The fourth-order valence-electron chi connectivity index (χ4n) is 1.96. The Morgan fingerprint density at radius 3 is 2.88 bits per heavy atom. The Morgan fingerprint density at radius 2 is 2.38 bits per heavy atom. The number of likely N-dealkylation sites (tertiary alicyclic amines) is 1. The van der Waals surface area contributed by atoms with E-state index in [4.69, 9.17) is 4.42 Å². The lowest BCUT2D eigenvalue weighted by atomic mass is 10.2. The van der Waals surface area contributed by atoms with Crippen LogP contribution < -0.4 is 0 Å². The lowest BCUT2D eigenvalue weighted by molar-refractivity contribution is 0.0781. The molecule has 0 bridgehead atoms. The van der Waals surface area contributed by atoms with Crippen LogP contribution in [-0.2, 0) is 0 Å². The lowest BCUT2D eigenvalue weighted by Crippen LogP contribution is -2.34. The van der Waals surface area contributed by atoms with Gasteiger partial charge < -0.3 is 14.2 Å². The third-order valence-electron chi connectivity index (χ3n) is 3.03. The molecule has 2 rings (SSSR count). The van der Waals surface area contributed by atoms with Crippen LogP contribution in [0.2, 0.25) is 0 Å². The van der Waals surface area contributed by atoms with Gasteiger partial charge in [0.05, 0.1) is 11.8 Å². The predicted molar refractivity (Wildman–Crippen MR) is 64.4 cm³/mol. The first-order valence-electron chi connectivity index (χ1n) is 5.28. The molecule has 1 fully saturated rings. The molecule has 16 heavy (non-hydrogen) atoms. The molecule has 0 radical (unpaired) electrons. The second-order valence-corrected chi connectivity index (χ2v) is 4.99. The number of halogens is 1. The van der Waals surface area contributed by atoms with Crippen LogP contribution in [0.3, 0.4) is 0 Å². The predicted octanol–water partition coefficient (Wildman–Crippen LogP) is 1.82. The van der Waals surface area contributed by atoms with Crippen LogP contribution in [0.15, 0.2) is 21.4 Å². The van der Waals surface area contributed by atoms with Crippen molar-refractivity contribution < 1.29 is 9.21 Å². The Balaban J connectivity index is 2.05. The van der Waals surface area contributed by atoms with E-state index < -0.39 is 0 Å². The number of furan rings is 1. The van der Waals surface area contributed by atoms with Crippen LogP contribution in [-0.4, -0.2) is 48.9 Å². The Hall–Kier alpha value is -0.810. The Morgan fingerprint density at radius 1 is 1.62 bits per heavy atom. The van der Waals surface area contributed by atoms with Gasteiger partial charge >= 0.3 is 0 Å². The summed E-state index contributed by atoms with van der Waals surface area (Å²) in [7, 11) is 4.10. The summed E-state index contributed by atoms with van der Waals surface area (Å²) < 4.78 is 5.60. The molecule has 0 saturated carbocycles. The molecule has 1 aromatic rings. The second kappa shape index (κ2) is 4.59. The average Bonchev–Trinajstić information content (AvgIpc) is 2.84. The number of carbonyl (C=O) groups is 1. The number of likely N-dealkylation sites (N-methyl/N-ethyl adjacent to an activating group) is 1. The minimum absolute atomic E-state index is 0.0463. The molecule has 0 aliphatic carbocycles. The van der Waals surface area contributed by atoms with Crippen molar-refractivity contribution in [1.82, 2.24) is 9.80 Å². The SMILES string of the molecule is CN(C)C1CCN(C(=O)c2ccoc2Br)C1. The van der Waals surface area contributed by atoms with Crippen LogP contribution in [0.5, 0.6) is 0 Å². The van der Waals surface area contributed by atoms with Crippen LogP contribution in [0.25, 0.3) is 0 Å². The lowest BCUT2D eigenvalue weighted by Gasteiger charge is -2.20. The highest BCUT2D eigenvalue weighted by Crippen LogP contribution is 2.22. The molecule has 1 atom stereocenters. The van der Waals surface area contributed by atoms with E-state index in [9.17, 15) is 4.79 Å². The molecule has 1 aromatic heterocycles. The van der Waals surface area contributed by atoms with Crippen molar-refractivity contribution in [2.75, 3.05) is 27.2 Å². The maximum absolute atomic E-state index is 12.1. The molecule has 88 valence electrons. The molecule has 0 spiro atoms. The van der Waals surface area contributed by atoms with Gasteiger partial charge in [-0.2, -0.15) is 0 Å². The fourth-order valence-corrected chi connectivity index (χ4v) is 2.37. The van der Waals surface area contributed by atoms with Gasteiger partial charge in [-0.3, -0.25) is 4.79 Å². The molecule has 4 nitrogen and oxygen atoms in total. The molecular formula is C11H15BrN2O2. The van der Waals surface area contributed by atoms with Crippen molar-refractivity contribution in [2.24, 2.45) is 0 Å². The zero-order valence-electron chi connectivity index (χ0n) is 9.44. The van der Waals surface area contributed by atoms with E-state index in [2.05, 4.69) is 20.8 Å². The molecular weight excluding hydrogens is 272 g/mol. The summed E-state index contributed by atoms with van der Waals surface area (Å²) in [6.45, 7) is 1.61. The minimum Gasteiger partial charge on any atom is -0.457 e. The van der Waals surface area contributed by atoms with Crippen molar-refractivity contribution in [1.29, 1.82) is 0 Å². The van der Waals surface area contributed by atoms with Crippen molar-refractivity contribution in [3.8, 4) is 0 Å². The Bertz CT molecular complexity index is 389. The molecule has 5 heteroatoms.